The first kappa shape index (κ1) is 33.3. The number of hydrogen-bond donors (Lipinski definition) is 6. The van der Waals surface area contributed by atoms with Gasteiger partial charge in [-0.1, -0.05) is 39.3 Å². The number of ketones is 1. The van der Waals surface area contributed by atoms with Crippen LogP contribution >= 0.6 is 0 Å². The molecular weight excluding hydrogens is 596 g/mol. The first-order chi connectivity index (χ1) is 21.7. The van der Waals surface area contributed by atoms with Gasteiger partial charge in [-0.15, -0.1) is 0 Å². The molecule has 0 aromatic heterocycles. The van der Waals surface area contributed by atoms with E-state index in [1.54, 1.807) is 13.8 Å². The van der Waals surface area contributed by atoms with Crippen LogP contribution in [0.25, 0.3) is 0 Å². The molecule has 11 nitrogen and oxygen atoms in total. The van der Waals surface area contributed by atoms with Crippen molar-refractivity contribution >= 4 is 5.78 Å². The van der Waals surface area contributed by atoms with E-state index < -0.39 is 67.3 Å². The van der Waals surface area contributed by atoms with E-state index in [0.717, 1.165) is 44.9 Å². The van der Waals surface area contributed by atoms with Crippen molar-refractivity contribution < 1.29 is 54.4 Å². The second kappa shape index (κ2) is 11.4. The molecule has 7 rings (SSSR count). The number of fused-ring (bicyclic) bond motifs is 8. The molecule has 0 spiro atoms. The standard InChI is InChI=1S/C35H52O11/c1-15(2)35(42,16(3)37)30-29-24(31(41)46-30)25-22(44-29)13-21-19-7-6-17-12-18(8-10-33(17,4)20(19)9-11-34(21,25)5)43-32-28(40)27(39)26(38)23(14-36)45-32/h13,15,17-18,22-32,36,38-42H,6-12,14H2,1-5H3/t17?,18-,22?,23+,24-,25?,26+,27-,28+,29+,30-,31-,32+,33-,34-,35?/m0/s1. The second-order valence-electron chi connectivity index (χ2n) is 16.0. The predicted octanol–water partition coefficient (Wildman–Crippen LogP) is 1.50. The van der Waals surface area contributed by atoms with Gasteiger partial charge in [-0.3, -0.25) is 4.79 Å². The summed E-state index contributed by atoms with van der Waals surface area (Å²) in [6.07, 6.45) is -0.926. The molecule has 0 radical (unpaired) electrons. The van der Waals surface area contributed by atoms with E-state index in [0.29, 0.717) is 5.92 Å². The Kier molecular flexibility index (Phi) is 8.24. The van der Waals surface area contributed by atoms with E-state index in [1.165, 1.54) is 23.6 Å². The van der Waals surface area contributed by atoms with Crippen LogP contribution in [0.1, 0.15) is 79.6 Å². The van der Waals surface area contributed by atoms with Crippen molar-refractivity contribution in [3.63, 3.8) is 0 Å². The highest BCUT2D eigenvalue weighted by Crippen LogP contribution is 2.67. The molecule has 4 unspecified atom stereocenters. The molecule has 3 heterocycles. The summed E-state index contributed by atoms with van der Waals surface area (Å²) in [5.41, 5.74) is 2.27. The van der Waals surface area contributed by atoms with Crippen LogP contribution in [0.3, 0.4) is 0 Å². The van der Waals surface area contributed by atoms with Gasteiger partial charge in [0.1, 0.15) is 30.5 Å². The zero-order valence-corrected chi connectivity index (χ0v) is 27.5. The summed E-state index contributed by atoms with van der Waals surface area (Å²) in [5, 5.41) is 63.2. The van der Waals surface area contributed by atoms with E-state index in [4.69, 9.17) is 18.9 Å². The Morgan fingerprint density at radius 3 is 2.43 bits per heavy atom. The SMILES string of the molecule is CC(=O)C(O)(C(C)C)[C@H]1O[C@H](O)[C@H]2C3C(C=C4C5=C(CC[C@@]43C)[C@@]3(C)CC[C@H](O[C@@H]4O[C@H](CO)[C@@H](O)[C@H](O)[C@H]4O)CC3CC5)O[C@H]21. The molecule has 0 amide bonds. The van der Waals surface area contributed by atoms with Crippen LogP contribution < -0.4 is 0 Å². The first-order valence-electron chi connectivity index (χ1n) is 17.3. The molecule has 258 valence electrons. The lowest BCUT2D eigenvalue weighted by atomic mass is 9.51. The lowest BCUT2D eigenvalue weighted by Crippen LogP contribution is -2.60. The number of Topliss-reactive ketones (excluding diaryl/α,β-unsaturated/α-hetero) is 1. The highest BCUT2D eigenvalue weighted by Gasteiger charge is 2.69. The number of rotatable bonds is 6. The van der Waals surface area contributed by atoms with Crippen molar-refractivity contribution in [3.8, 4) is 0 Å². The molecule has 7 aliphatic rings. The van der Waals surface area contributed by atoms with Gasteiger partial charge in [0.05, 0.1) is 24.9 Å². The number of hydrogen-bond acceptors (Lipinski definition) is 11. The van der Waals surface area contributed by atoms with E-state index in [9.17, 15) is 35.4 Å². The number of aliphatic hydroxyl groups is 6. The van der Waals surface area contributed by atoms with Crippen LogP contribution in [0.4, 0.5) is 0 Å². The van der Waals surface area contributed by atoms with Gasteiger partial charge in [0.2, 0.25) is 0 Å². The van der Waals surface area contributed by atoms with Crippen LogP contribution in [0.2, 0.25) is 0 Å². The normalized spacial score (nSPS) is 51.1. The number of carbonyl (C=O) groups excluding carboxylic acids is 1. The maximum absolute atomic E-state index is 12.7. The van der Waals surface area contributed by atoms with E-state index in [-0.39, 0.29) is 40.7 Å². The number of aliphatic hydroxyl groups excluding tert-OH is 5. The summed E-state index contributed by atoms with van der Waals surface area (Å²) in [6, 6.07) is 0. The quantitative estimate of drug-likeness (QED) is 0.246. The van der Waals surface area contributed by atoms with E-state index in [1.807, 2.05) is 0 Å². The molecule has 11 heteroatoms. The minimum absolute atomic E-state index is 0.0115. The molecule has 0 aromatic rings. The van der Waals surface area contributed by atoms with Gasteiger partial charge in [-0.2, -0.15) is 0 Å². The summed E-state index contributed by atoms with van der Waals surface area (Å²) >= 11 is 0. The molecule has 0 aromatic carbocycles. The summed E-state index contributed by atoms with van der Waals surface area (Å²) in [6.45, 7) is 9.13. The van der Waals surface area contributed by atoms with Gasteiger partial charge in [0, 0.05) is 11.8 Å². The number of carbonyl (C=O) groups is 1. The summed E-state index contributed by atoms with van der Waals surface area (Å²) in [7, 11) is 0. The van der Waals surface area contributed by atoms with Gasteiger partial charge in [0.25, 0.3) is 0 Å². The minimum atomic E-state index is -1.74. The molecule has 3 aliphatic heterocycles. The van der Waals surface area contributed by atoms with Crippen LogP contribution in [0.5, 0.6) is 0 Å². The third kappa shape index (κ3) is 4.57. The fraction of sp³-hybridized carbons (Fsp3) is 0.857. The molecule has 16 atom stereocenters. The molecule has 4 aliphatic carbocycles. The van der Waals surface area contributed by atoms with Crippen molar-refractivity contribution in [1.29, 1.82) is 0 Å². The molecule has 0 bridgehead atoms. The van der Waals surface area contributed by atoms with Gasteiger partial charge < -0.3 is 49.6 Å². The Hall–Kier alpha value is -1.25. The monoisotopic (exact) mass is 648 g/mol. The van der Waals surface area contributed by atoms with Crippen LogP contribution in [-0.2, 0) is 23.7 Å². The van der Waals surface area contributed by atoms with Gasteiger partial charge in [-0.05, 0) is 85.7 Å². The van der Waals surface area contributed by atoms with Crippen LogP contribution in [-0.4, -0.2) is 110 Å². The number of allylic oxidation sites excluding steroid dienone is 3. The Morgan fingerprint density at radius 1 is 1.02 bits per heavy atom. The molecule has 1 saturated carbocycles. The molecule has 6 N–H and O–H groups in total. The van der Waals surface area contributed by atoms with Gasteiger partial charge in [-0.25, -0.2) is 0 Å². The maximum atomic E-state index is 12.7. The molecule has 3 saturated heterocycles. The number of ether oxygens (including phenoxy) is 4. The van der Waals surface area contributed by atoms with Crippen molar-refractivity contribution in [2.24, 2.45) is 34.5 Å². The Morgan fingerprint density at radius 2 is 1.76 bits per heavy atom. The van der Waals surface area contributed by atoms with Crippen LogP contribution in [0, 0.1) is 34.5 Å². The third-order valence-corrected chi connectivity index (χ3v) is 13.6. The van der Waals surface area contributed by atoms with Crippen molar-refractivity contribution in [1.82, 2.24) is 0 Å². The molecule has 46 heavy (non-hydrogen) atoms. The average Bonchev–Trinajstić information content (AvgIpc) is 3.64. The summed E-state index contributed by atoms with van der Waals surface area (Å²) in [5.74, 6) is -0.773. The summed E-state index contributed by atoms with van der Waals surface area (Å²) in [4.78, 5) is 12.7. The average molecular weight is 649 g/mol. The van der Waals surface area contributed by atoms with Crippen LogP contribution in [0.15, 0.2) is 22.8 Å². The van der Waals surface area contributed by atoms with E-state index >= 15 is 0 Å². The smallest absolute Gasteiger partial charge is 0.186 e. The predicted molar refractivity (Wildman–Crippen MR) is 163 cm³/mol. The largest absolute Gasteiger partial charge is 0.394 e. The minimum Gasteiger partial charge on any atom is -0.394 e. The van der Waals surface area contributed by atoms with Crippen molar-refractivity contribution in [2.45, 2.75) is 147 Å². The first-order valence-corrected chi connectivity index (χ1v) is 17.3. The lowest BCUT2D eigenvalue weighted by molar-refractivity contribution is -0.315. The molecule has 4 fully saturated rings. The topological polar surface area (TPSA) is 175 Å². The van der Waals surface area contributed by atoms with Crippen molar-refractivity contribution in [3.05, 3.63) is 22.8 Å². The summed E-state index contributed by atoms with van der Waals surface area (Å²) < 4.78 is 24.5. The zero-order valence-electron chi connectivity index (χ0n) is 27.5. The zero-order chi connectivity index (χ0) is 33.1. The highest BCUT2D eigenvalue weighted by molar-refractivity contribution is 5.86. The lowest BCUT2D eigenvalue weighted by Gasteiger charge is -2.54. The Labute approximate surface area is 270 Å². The fourth-order valence-electron chi connectivity index (χ4n) is 10.8. The maximum Gasteiger partial charge on any atom is 0.186 e. The van der Waals surface area contributed by atoms with Crippen molar-refractivity contribution in [2.75, 3.05) is 6.61 Å². The Balaban J connectivity index is 1.10. The highest BCUT2D eigenvalue weighted by atomic mass is 16.7. The fourth-order valence-corrected chi connectivity index (χ4v) is 10.8. The van der Waals surface area contributed by atoms with Gasteiger partial charge >= 0.3 is 0 Å². The Bertz CT molecular complexity index is 1290. The second-order valence-corrected chi connectivity index (χ2v) is 16.0. The molecular formula is C35H52O11. The van der Waals surface area contributed by atoms with E-state index in [2.05, 4.69) is 19.9 Å². The van der Waals surface area contributed by atoms with Gasteiger partial charge in [0.15, 0.2) is 24.0 Å². The third-order valence-electron chi connectivity index (χ3n) is 13.6.